The molecular weight excluding hydrogens is 312 g/mol. The summed E-state index contributed by atoms with van der Waals surface area (Å²) in [5.41, 5.74) is 2.97. The Morgan fingerprint density at radius 2 is 1.88 bits per heavy atom. The van der Waals surface area contributed by atoms with Crippen LogP contribution in [0.2, 0.25) is 0 Å². The number of hydrogen-bond donors (Lipinski definition) is 4. The fourth-order valence-corrected chi connectivity index (χ4v) is 1.96. The van der Waals surface area contributed by atoms with Crippen molar-refractivity contribution in [2.45, 2.75) is 13.3 Å². The Bertz CT molecular complexity index is 737. The molecule has 4 N–H and O–H groups in total. The Morgan fingerprint density at radius 1 is 1.17 bits per heavy atom. The predicted octanol–water partition coefficient (Wildman–Crippen LogP) is 0.706. The molecule has 2 rings (SSSR count). The zero-order chi connectivity index (χ0) is 17.5. The van der Waals surface area contributed by atoms with Crippen LogP contribution in [0.15, 0.2) is 30.3 Å². The first-order valence-corrected chi connectivity index (χ1v) is 7.35. The third kappa shape index (κ3) is 4.94. The van der Waals surface area contributed by atoms with Gasteiger partial charge in [0, 0.05) is 18.5 Å². The minimum absolute atomic E-state index is 0.00201. The summed E-state index contributed by atoms with van der Waals surface area (Å²) in [7, 11) is 0. The highest BCUT2D eigenvalue weighted by atomic mass is 16.4. The summed E-state index contributed by atoms with van der Waals surface area (Å²) in [6.07, 6.45) is -0.00201. The first-order chi connectivity index (χ1) is 11.5. The number of benzene rings is 1. The number of carboxylic acids is 1. The minimum Gasteiger partial charge on any atom is -0.480 e. The monoisotopic (exact) mass is 330 g/mol. The Morgan fingerprint density at radius 3 is 2.54 bits per heavy atom. The van der Waals surface area contributed by atoms with Gasteiger partial charge in [-0.1, -0.05) is 29.8 Å². The lowest BCUT2D eigenvalue weighted by Crippen LogP contribution is -2.33. The van der Waals surface area contributed by atoms with Gasteiger partial charge in [0.15, 0.2) is 0 Å². The molecule has 0 bridgehead atoms. The summed E-state index contributed by atoms with van der Waals surface area (Å²) in [6.45, 7) is 1.65. The van der Waals surface area contributed by atoms with E-state index in [1.54, 1.807) is 6.07 Å². The van der Waals surface area contributed by atoms with Gasteiger partial charge in [0.05, 0.1) is 5.69 Å². The lowest BCUT2D eigenvalue weighted by Gasteiger charge is -2.03. The van der Waals surface area contributed by atoms with Crippen LogP contribution in [0.1, 0.15) is 22.5 Å². The number of rotatable bonds is 7. The van der Waals surface area contributed by atoms with Crippen molar-refractivity contribution >= 4 is 17.8 Å². The molecule has 1 aromatic heterocycles. The van der Waals surface area contributed by atoms with Crippen LogP contribution in [0.3, 0.4) is 0 Å². The molecule has 2 aromatic rings. The number of amides is 2. The fourth-order valence-electron chi connectivity index (χ4n) is 1.96. The molecule has 0 radical (unpaired) electrons. The van der Waals surface area contributed by atoms with Gasteiger partial charge < -0.3 is 15.7 Å². The van der Waals surface area contributed by atoms with Crippen molar-refractivity contribution in [2.75, 3.05) is 13.1 Å². The van der Waals surface area contributed by atoms with E-state index in [0.29, 0.717) is 5.69 Å². The number of carbonyl (C=O) groups is 3. The molecule has 8 heteroatoms. The Balaban J connectivity index is 1.84. The molecule has 8 nitrogen and oxygen atoms in total. The number of carboxylic acid groups (broad SMARTS) is 1. The summed E-state index contributed by atoms with van der Waals surface area (Å²) in [4.78, 5) is 33.6. The second-order valence-corrected chi connectivity index (χ2v) is 5.21. The van der Waals surface area contributed by atoms with E-state index in [9.17, 15) is 14.4 Å². The number of hydrogen-bond acceptors (Lipinski definition) is 4. The number of H-pyrrole nitrogens is 1. The van der Waals surface area contributed by atoms with Crippen LogP contribution in [0.25, 0.3) is 11.3 Å². The van der Waals surface area contributed by atoms with Crippen molar-refractivity contribution < 1.29 is 19.5 Å². The first-order valence-electron chi connectivity index (χ1n) is 7.35. The van der Waals surface area contributed by atoms with Crippen LogP contribution in [0.4, 0.5) is 0 Å². The molecule has 0 saturated heterocycles. The summed E-state index contributed by atoms with van der Waals surface area (Å²) >= 11 is 0. The largest absolute Gasteiger partial charge is 0.480 e. The van der Waals surface area contributed by atoms with Crippen molar-refractivity contribution in [3.8, 4) is 11.3 Å². The van der Waals surface area contributed by atoms with Gasteiger partial charge in [-0.2, -0.15) is 5.10 Å². The predicted molar refractivity (Wildman–Crippen MR) is 86.4 cm³/mol. The standard InChI is InChI=1S/C16H18N4O4/c1-10-2-4-11(5-3-10)12-8-13(20-19-12)16(24)17-7-6-14(21)18-9-15(22)23/h2-5,8H,6-7,9H2,1H3,(H,17,24)(H,18,21)(H,19,20)(H,22,23). The number of nitrogens with one attached hydrogen (secondary N) is 3. The van der Waals surface area contributed by atoms with Crippen LogP contribution in [0, 0.1) is 6.92 Å². The molecule has 1 heterocycles. The Hall–Kier alpha value is -3.16. The van der Waals surface area contributed by atoms with Gasteiger partial charge in [0.2, 0.25) is 5.91 Å². The molecular formula is C16H18N4O4. The molecule has 126 valence electrons. The third-order valence-electron chi connectivity index (χ3n) is 3.24. The highest BCUT2D eigenvalue weighted by Crippen LogP contribution is 2.18. The molecule has 0 atom stereocenters. The molecule has 24 heavy (non-hydrogen) atoms. The normalized spacial score (nSPS) is 10.2. The van der Waals surface area contributed by atoms with Crippen molar-refractivity contribution in [3.63, 3.8) is 0 Å². The van der Waals surface area contributed by atoms with Gasteiger partial charge >= 0.3 is 5.97 Å². The van der Waals surface area contributed by atoms with Crippen molar-refractivity contribution in [3.05, 3.63) is 41.6 Å². The summed E-state index contributed by atoms with van der Waals surface area (Å²) < 4.78 is 0. The van der Waals surface area contributed by atoms with E-state index in [0.717, 1.165) is 11.1 Å². The smallest absolute Gasteiger partial charge is 0.322 e. The second-order valence-electron chi connectivity index (χ2n) is 5.21. The first kappa shape index (κ1) is 17.2. The molecule has 0 unspecified atom stereocenters. The highest BCUT2D eigenvalue weighted by molar-refractivity contribution is 5.93. The van der Waals surface area contributed by atoms with Gasteiger partial charge in [0.1, 0.15) is 12.2 Å². The van der Waals surface area contributed by atoms with E-state index in [1.807, 2.05) is 31.2 Å². The van der Waals surface area contributed by atoms with Crippen LogP contribution in [0.5, 0.6) is 0 Å². The number of nitrogens with zero attached hydrogens (tertiary/aromatic N) is 1. The van der Waals surface area contributed by atoms with Gasteiger partial charge in [-0.15, -0.1) is 0 Å². The number of aromatic amines is 1. The topological polar surface area (TPSA) is 124 Å². The van der Waals surface area contributed by atoms with E-state index in [-0.39, 0.29) is 24.6 Å². The van der Waals surface area contributed by atoms with Crippen molar-refractivity contribution in [1.29, 1.82) is 0 Å². The van der Waals surface area contributed by atoms with Crippen LogP contribution in [-0.4, -0.2) is 46.2 Å². The van der Waals surface area contributed by atoms with Crippen molar-refractivity contribution in [2.24, 2.45) is 0 Å². The Kier molecular flexibility index (Phi) is 5.67. The van der Waals surface area contributed by atoms with E-state index < -0.39 is 18.4 Å². The molecule has 0 spiro atoms. The summed E-state index contributed by atoms with van der Waals surface area (Å²) in [5.74, 6) is -1.94. The van der Waals surface area contributed by atoms with E-state index in [1.165, 1.54) is 0 Å². The number of carbonyl (C=O) groups excluding carboxylic acids is 2. The minimum atomic E-state index is -1.12. The average Bonchev–Trinajstić information content (AvgIpc) is 3.03. The Labute approximate surface area is 138 Å². The van der Waals surface area contributed by atoms with Crippen LogP contribution < -0.4 is 10.6 Å². The molecule has 1 aromatic carbocycles. The van der Waals surface area contributed by atoms with Crippen molar-refractivity contribution in [1.82, 2.24) is 20.8 Å². The van der Waals surface area contributed by atoms with Gasteiger partial charge in [-0.05, 0) is 13.0 Å². The molecule has 0 aliphatic carbocycles. The van der Waals surface area contributed by atoms with Gasteiger partial charge in [-0.3, -0.25) is 19.5 Å². The van der Waals surface area contributed by atoms with Gasteiger partial charge in [-0.25, -0.2) is 0 Å². The quantitative estimate of drug-likeness (QED) is 0.595. The molecule has 0 aliphatic heterocycles. The summed E-state index contributed by atoms with van der Waals surface area (Å²) in [5, 5.41) is 20.0. The molecule has 0 saturated carbocycles. The average molecular weight is 330 g/mol. The number of aryl methyl sites for hydroxylation is 1. The fraction of sp³-hybridized carbons (Fsp3) is 0.250. The number of aliphatic carboxylic acids is 1. The maximum Gasteiger partial charge on any atom is 0.322 e. The summed E-state index contributed by atoms with van der Waals surface area (Å²) in [6, 6.07) is 9.38. The molecule has 2 amide bonds. The van der Waals surface area contributed by atoms with Gasteiger partial charge in [0.25, 0.3) is 5.91 Å². The SMILES string of the molecule is Cc1ccc(-c2cc(C(=O)NCCC(=O)NCC(=O)O)[nH]n2)cc1. The molecule has 0 fully saturated rings. The van der Waals surface area contributed by atoms with Crippen LogP contribution in [-0.2, 0) is 9.59 Å². The van der Waals surface area contributed by atoms with E-state index in [2.05, 4.69) is 20.8 Å². The zero-order valence-corrected chi connectivity index (χ0v) is 13.1. The third-order valence-corrected chi connectivity index (χ3v) is 3.24. The highest BCUT2D eigenvalue weighted by Gasteiger charge is 2.11. The molecule has 0 aliphatic rings. The second kappa shape index (κ2) is 7.91. The maximum atomic E-state index is 12.0. The lowest BCUT2D eigenvalue weighted by molar-refractivity contribution is -0.137. The maximum absolute atomic E-state index is 12.0. The van der Waals surface area contributed by atoms with E-state index in [4.69, 9.17) is 5.11 Å². The van der Waals surface area contributed by atoms with Crippen LogP contribution >= 0.6 is 0 Å². The lowest BCUT2D eigenvalue weighted by atomic mass is 10.1. The van der Waals surface area contributed by atoms with E-state index >= 15 is 0 Å². The number of aromatic nitrogens is 2. The zero-order valence-electron chi connectivity index (χ0n) is 13.1.